The van der Waals surface area contributed by atoms with Crippen LogP contribution in [0.15, 0.2) is 12.2 Å². The molecule has 0 saturated carbocycles. The number of carbonyl (C=O) groups excluding carboxylic acids is 1. The van der Waals surface area contributed by atoms with E-state index in [1.54, 1.807) is 0 Å². The van der Waals surface area contributed by atoms with Crippen LogP contribution in [0.4, 0.5) is 52.7 Å². The Hall–Kier alpha value is -1.71. The molecular formula is C13H12F12O4. The van der Waals surface area contributed by atoms with Gasteiger partial charge in [0.1, 0.15) is 12.7 Å². The van der Waals surface area contributed by atoms with Crippen molar-refractivity contribution in [2.45, 2.75) is 49.3 Å². The number of rotatable bonds is 11. The number of halogens is 12. The van der Waals surface area contributed by atoms with Gasteiger partial charge in [0.15, 0.2) is 0 Å². The lowest BCUT2D eigenvalue weighted by Crippen LogP contribution is -2.69. The molecule has 1 N–H and O–H groups in total. The fourth-order valence-electron chi connectivity index (χ4n) is 1.36. The summed E-state index contributed by atoms with van der Waals surface area (Å²) in [5.74, 6) is -31.1. The predicted octanol–water partition coefficient (Wildman–Crippen LogP) is 3.88. The van der Waals surface area contributed by atoms with E-state index in [2.05, 4.69) is 16.1 Å². The van der Waals surface area contributed by atoms with E-state index in [1.165, 1.54) is 0 Å². The summed E-state index contributed by atoms with van der Waals surface area (Å²) in [7, 11) is 0. The maximum Gasteiger partial charge on any atom is 0.426 e. The van der Waals surface area contributed by atoms with Crippen LogP contribution in [-0.2, 0) is 14.3 Å². The number of ether oxygens (including phenoxy) is 2. The molecule has 0 bridgehead atoms. The van der Waals surface area contributed by atoms with E-state index in [0.29, 0.717) is 0 Å². The van der Waals surface area contributed by atoms with Crippen molar-refractivity contribution in [3.8, 4) is 0 Å². The highest BCUT2D eigenvalue weighted by molar-refractivity contribution is 5.86. The summed E-state index contributed by atoms with van der Waals surface area (Å²) in [6.45, 7) is 0.876. The fourth-order valence-corrected chi connectivity index (χ4v) is 1.36. The van der Waals surface area contributed by atoms with Crippen LogP contribution in [0, 0.1) is 0 Å². The average molecular weight is 460 g/mol. The van der Waals surface area contributed by atoms with E-state index < -0.39 is 61.5 Å². The molecule has 0 aliphatic carbocycles. The Labute approximate surface area is 154 Å². The highest BCUT2D eigenvalue weighted by Crippen LogP contribution is 2.58. The second kappa shape index (κ2) is 8.57. The number of hydrogen-bond donors (Lipinski definition) is 1. The molecular weight excluding hydrogens is 448 g/mol. The van der Waals surface area contributed by atoms with Crippen LogP contribution in [0.3, 0.4) is 0 Å². The maximum atomic E-state index is 13.3. The second-order valence-corrected chi connectivity index (χ2v) is 5.51. The van der Waals surface area contributed by atoms with Crippen LogP contribution >= 0.6 is 0 Å². The molecule has 0 aliphatic rings. The van der Waals surface area contributed by atoms with Crippen LogP contribution in [0.5, 0.6) is 0 Å². The molecule has 4 nitrogen and oxygen atoms in total. The van der Waals surface area contributed by atoms with Gasteiger partial charge in [-0.25, -0.2) is 13.6 Å². The van der Waals surface area contributed by atoms with Gasteiger partial charge in [-0.2, -0.15) is 43.9 Å². The maximum absolute atomic E-state index is 13.3. The highest BCUT2D eigenvalue weighted by atomic mass is 19.4. The zero-order valence-electron chi connectivity index (χ0n) is 14.0. The van der Waals surface area contributed by atoms with E-state index >= 15 is 0 Å². The zero-order chi connectivity index (χ0) is 23.6. The fraction of sp³-hybridized carbons (Fsp3) is 0.769. The van der Waals surface area contributed by atoms with E-state index in [1.807, 2.05) is 0 Å². The third-order valence-corrected chi connectivity index (χ3v) is 3.06. The minimum absolute atomic E-state index is 0.267. The standard InChI is InChI=1S/C13H12F12O4/c1-5(2)7(27)28-3-6(26)4-29-13(24,25)12(22,23)11(20,21)10(18,19)9(16,17)8(14)15/h6,8,26H,1,3-4H2,2H3. The molecule has 0 spiro atoms. The second-order valence-electron chi connectivity index (χ2n) is 5.51. The summed E-state index contributed by atoms with van der Waals surface area (Å²) in [4.78, 5) is 10.9. The minimum Gasteiger partial charge on any atom is -0.460 e. The molecule has 1 atom stereocenters. The molecule has 0 fully saturated rings. The summed E-state index contributed by atoms with van der Waals surface area (Å²) in [5, 5.41) is 9.11. The third-order valence-electron chi connectivity index (χ3n) is 3.06. The van der Waals surface area contributed by atoms with Crippen LogP contribution < -0.4 is 0 Å². The lowest BCUT2D eigenvalue weighted by Gasteiger charge is -2.38. The van der Waals surface area contributed by atoms with Crippen LogP contribution in [0.2, 0.25) is 0 Å². The van der Waals surface area contributed by atoms with Crippen molar-refractivity contribution in [3.05, 3.63) is 12.2 Å². The van der Waals surface area contributed by atoms with Crippen molar-refractivity contribution in [3.63, 3.8) is 0 Å². The number of esters is 1. The predicted molar refractivity (Wildman–Crippen MR) is 68.5 cm³/mol. The van der Waals surface area contributed by atoms with Gasteiger partial charge in [0.05, 0.1) is 6.61 Å². The first kappa shape index (κ1) is 27.3. The van der Waals surface area contributed by atoms with Gasteiger partial charge in [-0.05, 0) is 6.92 Å². The molecule has 0 amide bonds. The zero-order valence-corrected chi connectivity index (χ0v) is 14.0. The van der Waals surface area contributed by atoms with E-state index in [9.17, 15) is 57.5 Å². The summed E-state index contributed by atoms with van der Waals surface area (Å²) >= 11 is 0. The van der Waals surface area contributed by atoms with E-state index in [4.69, 9.17) is 5.11 Å². The molecule has 16 heteroatoms. The Bertz CT molecular complexity index is 605. The number of aliphatic hydroxyl groups is 1. The Morgan fingerprint density at radius 3 is 1.72 bits per heavy atom. The molecule has 0 aliphatic heterocycles. The molecule has 0 saturated heterocycles. The van der Waals surface area contributed by atoms with E-state index in [0.717, 1.165) is 6.92 Å². The molecule has 172 valence electrons. The van der Waals surface area contributed by atoms with E-state index in [-0.39, 0.29) is 5.57 Å². The van der Waals surface area contributed by atoms with Crippen LogP contribution in [0.1, 0.15) is 6.92 Å². The monoisotopic (exact) mass is 460 g/mol. The first-order valence-electron chi connectivity index (χ1n) is 6.98. The van der Waals surface area contributed by atoms with Crippen molar-refractivity contribution < 1.29 is 72.1 Å². The topological polar surface area (TPSA) is 55.8 Å². The lowest BCUT2D eigenvalue weighted by molar-refractivity contribution is -0.452. The van der Waals surface area contributed by atoms with Gasteiger partial charge in [0, 0.05) is 5.57 Å². The molecule has 0 aromatic rings. The lowest BCUT2D eigenvalue weighted by atomic mass is 9.98. The van der Waals surface area contributed by atoms with Gasteiger partial charge in [-0.1, -0.05) is 6.58 Å². The van der Waals surface area contributed by atoms with Crippen LogP contribution in [0.25, 0.3) is 0 Å². The van der Waals surface area contributed by atoms with Gasteiger partial charge < -0.3 is 14.6 Å². The first-order valence-corrected chi connectivity index (χ1v) is 6.98. The van der Waals surface area contributed by atoms with Crippen molar-refractivity contribution in [2.75, 3.05) is 13.2 Å². The van der Waals surface area contributed by atoms with Crippen molar-refractivity contribution in [1.29, 1.82) is 0 Å². The highest BCUT2D eigenvalue weighted by Gasteiger charge is 2.88. The quantitative estimate of drug-likeness (QED) is 0.289. The smallest absolute Gasteiger partial charge is 0.426 e. The van der Waals surface area contributed by atoms with Crippen LogP contribution in [-0.4, -0.2) is 66.6 Å². The molecule has 29 heavy (non-hydrogen) atoms. The van der Waals surface area contributed by atoms with Crippen molar-refractivity contribution >= 4 is 5.97 Å². The molecule has 0 rings (SSSR count). The SMILES string of the molecule is C=C(C)C(=O)OCC(O)COC(F)(F)C(F)(F)C(F)(F)C(F)(F)C(F)(F)C(F)F. The third kappa shape index (κ3) is 5.07. The summed E-state index contributed by atoms with van der Waals surface area (Å²) in [6.07, 6.45) is -14.7. The van der Waals surface area contributed by atoms with Gasteiger partial charge in [-0.15, -0.1) is 0 Å². The van der Waals surface area contributed by atoms with Gasteiger partial charge in [0.2, 0.25) is 0 Å². The summed E-state index contributed by atoms with van der Waals surface area (Å²) in [5.41, 5.74) is -0.267. The Morgan fingerprint density at radius 1 is 0.897 bits per heavy atom. The molecule has 1 unspecified atom stereocenters. The molecule has 0 aromatic carbocycles. The van der Waals surface area contributed by atoms with Gasteiger partial charge >= 0.3 is 42.2 Å². The molecule has 0 aromatic heterocycles. The van der Waals surface area contributed by atoms with Crippen molar-refractivity contribution in [1.82, 2.24) is 0 Å². The number of carbonyl (C=O) groups is 1. The number of hydrogen-bond acceptors (Lipinski definition) is 4. The average Bonchev–Trinajstić information content (AvgIpc) is 2.56. The Balaban J connectivity index is 5.48. The Morgan fingerprint density at radius 2 is 1.34 bits per heavy atom. The largest absolute Gasteiger partial charge is 0.460 e. The minimum atomic E-state index is -7.74. The molecule has 0 heterocycles. The summed E-state index contributed by atoms with van der Waals surface area (Å²) < 4.78 is 161. The number of aliphatic hydroxyl groups excluding tert-OH is 1. The normalized spacial score (nSPS) is 15.4. The van der Waals surface area contributed by atoms with Crippen molar-refractivity contribution in [2.24, 2.45) is 0 Å². The number of alkyl halides is 12. The van der Waals surface area contributed by atoms with Gasteiger partial charge in [0.25, 0.3) is 0 Å². The van der Waals surface area contributed by atoms with Gasteiger partial charge in [-0.3, -0.25) is 0 Å². The molecule has 0 radical (unpaired) electrons. The first-order chi connectivity index (χ1) is 12.7. The Kier molecular flexibility index (Phi) is 8.07. The summed E-state index contributed by atoms with van der Waals surface area (Å²) in [6, 6.07) is 0.